The SMILES string of the molecule is O=c1c2cnc3c(-c4ccc(Cl)cc4)cnn3c2ccn1C1CC1. The van der Waals surface area contributed by atoms with Crippen LogP contribution >= 0.6 is 11.6 Å². The first kappa shape index (κ1) is 13.7. The van der Waals surface area contributed by atoms with Crippen molar-refractivity contribution in [3.8, 4) is 11.1 Å². The van der Waals surface area contributed by atoms with Gasteiger partial charge in [0.05, 0.1) is 17.1 Å². The highest BCUT2D eigenvalue weighted by molar-refractivity contribution is 6.30. The summed E-state index contributed by atoms with van der Waals surface area (Å²) in [4.78, 5) is 17.1. The smallest absolute Gasteiger partial charge is 0.261 e. The second-order valence-corrected chi connectivity index (χ2v) is 6.55. The van der Waals surface area contributed by atoms with Gasteiger partial charge in [-0.3, -0.25) is 4.79 Å². The van der Waals surface area contributed by atoms with Gasteiger partial charge in [-0.1, -0.05) is 23.7 Å². The monoisotopic (exact) mass is 336 g/mol. The van der Waals surface area contributed by atoms with Gasteiger partial charge in [0.25, 0.3) is 5.56 Å². The molecule has 0 atom stereocenters. The van der Waals surface area contributed by atoms with Crippen molar-refractivity contribution >= 4 is 28.2 Å². The molecule has 0 bridgehead atoms. The molecule has 5 rings (SSSR count). The molecule has 3 aromatic heterocycles. The van der Waals surface area contributed by atoms with Crippen molar-refractivity contribution in [1.82, 2.24) is 19.2 Å². The van der Waals surface area contributed by atoms with E-state index in [1.165, 1.54) is 0 Å². The maximum Gasteiger partial charge on any atom is 0.261 e. The van der Waals surface area contributed by atoms with Crippen molar-refractivity contribution in [3.05, 3.63) is 64.3 Å². The molecular formula is C18H13ClN4O. The van der Waals surface area contributed by atoms with Gasteiger partial charge in [0.15, 0.2) is 5.65 Å². The molecule has 118 valence electrons. The van der Waals surface area contributed by atoms with Gasteiger partial charge in [-0.15, -0.1) is 0 Å². The van der Waals surface area contributed by atoms with Crippen LogP contribution in [0.15, 0.2) is 53.7 Å². The number of halogens is 1. The van der Waals surface area contributed by atoms with Crippen LogP contribution in [-0.2, 0) is 0 Å². The minimum atomic E-state index is 0.00735. The average molecular weight is 337 g/mol. The van der Waals surface area contributed by atoms with Crippen LogP contribution in [0.25, 0.3) is 27.7 Å². The van der Waals surface area contributed by atoms with Crippen molar-refractivity contribution in [2.45, 2.75) is 18.9 Å². The first-order valence-corrected chi connectivity index (χ1v) is 8.24. The minimum Gasteiger partial charge on any atom is -0.312 e. The second-order valence-electron chi connectivity index (χ2n) is 6.12. The fraction of sp³-hybridized carbons (Fsp3) is 0.167. The lowest BCUT2D eigenvalue weighted by Gasteiger charge is -2.06. The van der Waals surface area contributed by atoms with Gasteiger partial charge in [0.1, 0.15) is 0 Å². The van der Waals surface area contributed by atoms with E-state index in [-0.39, 0.29) is 5.56 Å². The first-order valence-electron chi connectivity index (χ1n) is 7.86. The van der Waals surface area contributed by atoms with Crippen LogP contribution in [0.3, 0.4) is 0 Å². The van der Waals surface area contributed by atoms with Gasteiger partial charge in [-0.2, -0.15) is 5.10 Å². The fourth-order valence-electron chi connectivity index (χ4n) is 3.10. The summed E-state index contributed by atoms with van der Waals surface area (Å²) in [5.74, 6) is 0. The number of nitrogens with zero attached hydrogens (tertiary/aromatic N) is 4. The predicted molar refractivity (Wildman–Crippen MR) is 93.5 cm³/mol. The topological polar surface area (TPSA) is 52.2 Å². The number of hydrogen-bond acceptors (Lipinski definition) is 3. The maximum atomic E-state index is 12.6. The van der Waals surface area contributed by atoms with Gasteiger partial charge >= 0.3 is 0 Å². The molecular weight excluding hydrogens is 324 g/mol. The molecule has 4 aromatic rings. The summed E-state index contributed by atoms with van der Waals surface area (Å²) in [6.45, 7) is 0. The van der Waals surface area contributed by atoms with E-state index in [0.717, 1.165) is 35.1 Å². The summed E-state index contributed by atoms with van der Waals surface area (Å²) in [5, 5.41) is 5.74. The van der Waals surface area contributed by atoms with Crippen molar-refractivity contribution in [1.29, 1.82) is 0 Å². The highest BCUT2D eigenvalue weighted by atomic mass is 35.5. The summed E-state index contributed by atoms with van der Waals surface area (Å²) in [6.07, 6.45) is 7.45. The normalized spacial score (nSPS) is 14.5. The molecule has 1 aliphatic rings. The zero-order chi connectivity index (χ0) is 16.3. The van der Waals surface area contributed by atoms with E-state index in [9.17, 15) is 4.79 Å². The highest BCUT2D eigenvalue weighted by Gasteiger charge is 2.25. The number of hydrogen-bond donors (Lipinski definition) is 0. The van der Waals surface area contributed by atoms with E-state index < -0.39 is 0 Å². The van der Waals surface area contributed by atoms with Gasteiger partial charge in [0.2, 0.25) is 0 Å². The third kappa shape index (κ3) is 1.98. The Morgan fingerprint density at radius 2 is 1.88 bits per heavy atom. The zero-order valence-corrected chi connectivity index (χ0v) is 13.4. The van der Waals surface area contributed by atoms with Crippen LogP contribution in [0.1, 0.15) is 18.9 Å². The highest BCUT2D eigenvalue weighted by Crippen LogP contribution is 2.34. The molecule has 3 heterocycles. The quantitative estimate of drug-likeness (QED) is 0.561. The molecule has 0 aliphatic heterocycles. The summed E-state index contributed by atoms with van der Waals surface area (Å²) in [6, 6.07) is 9.86. The van der Waals surface area contributed by atoms with Gasteiger partial charge < -0.3 is 4.57 Å². The minimum absolute atomic E-state index is 0.00735. The molecule has 0 spiro atoms. The van der Waals surface area contributed by atoms with E-state index in [1.54, 1.807) is 21.5 Å². The van der Waals surface area contributed by atoms with E-state index in [0.29, 0.717) is 16.5 Å². The van der Waals surface area contributed by atoms with E-state index >= 15 is 0 Å². The van der Waals surface area contributed by atoms with Crippen molar-refractivity contribution < 1.29 is 0 Å². The lowest BCUT2D eigenvalue weighted by atomic mass is 10.1. The summed E-state index contributed by atoms with van der Waals surface area (Å²) < 4.78 is 3.54. The Morgan fingerprint density at radius 1 is 1.08 bits per heavy atom. The Balaban J connectivity index is 1.76. The number of aromatic nitrogens is 4. The number of fused-ring (bicyclic) bond motifs is 3. The molecule has 1 saturated carbocycles. The molecule has 0 unspecified atom stereocenters. The van der Waals surface area contributed by atoms with Crippen LogP contribution in [0.5, 0.6) is 0 Å². The predicted octanol–water partition coefficient (Wildman–Crippen LogP) is 3.70. The standard InChI is InChI=1S/C18H13ClN4O/c19-12-3-1-11(2-4-12)14-10-21-23-16-7-8-22(13-5-6-13)18(24)15(16)9-20-17(14)23/h1-4,7-10,13H,5-6H2. The van der Waals surface area contributed by atoms with E-state index in [1.807, 2.05) is 36.5 Å². The van der Waals surface area contributed by atoms with Crippen LogP contribution in [-0.4, -0.2) is 19.2 Å². The van der Waals surface area contributed by atoms with Crippen molar-refractivity contribution in [2.75, 3.05) is 0 Å². The molecule has 5 nitrogen and oxygen atoms in total. The zero-order valence-electron chi connectivity index (χ0n) is 12.7. The third-order valence-corrected chi connectivity index (χ3v) is 4.77. The third-order valence-electron chi connectivity index (χ3n) is 4.52. The number of benzene rings is 1. The molecule has 0 saturated heterocycles. The van der Waals surface area contributed by atoms with Gasteiger partial charge in [-0.05, 0) is 36.6 Å². The Labute approximate surface area is 142 Å². The number of pyridine rings is 1. The Hall–Kier alpha value is -2.66. The van der Waals surface area contributed by atoms with Crippen molar-refractivity contribution in [3.63, 3.8) is 0 Å². The average Bonchev–Trinajstić information content (AvgIpc) is 3.34. The Bertz CT molecular complexity index is 1140. The summed E-state index contributed by atoms with van der Waals surface area (Å²) in [7, 11) is 0. The van der Waals surface area contributed by atoms with Gasteiger partial charge in [-0.25, -0.2) is 9.50 Å². The van der Waals surface area contributed by atoms with E-state index in [2.05, 4.69) is 10.1 Å². The molecule has 1 aliphatic carbocycles. The Kier molecular flexibility index (Phi) is 2.82. The largest absolute Gasteiger partial charge is 0.312 e. The van der Waals surface area contributed by atoms with Crippen LogP contribution in [0, 0.1) is 0 Å². The molecule has 1 aromatic carbocycles. The second kappa shape index (κ2) is 4.92. The molecule has 24 heavy (non-hydrogen) atoms. The molecule has 0 amide bonds. The lowest BCUT2D eigenvalue weighted by molar-refractivity contribution is 0.713. The Morgan fingerprint density at radius 3 is 2.62 bits per heavy atom. The summed E-state index contributed by atoms with van der Waals surface area (Å²) in [5.41, 5.74) is 3.43. The molecule has 6 heteroatoms. The molecule has 0 N–H and O–H groups in total. The van der Waals surface area contributed by atoms with E-state index in [4.69, 9.17) is 11.6 Å². The fourth-order valence-corrected chi connectivity index (χ4v) is 3.23. The lowest BCUT2D eigenvalue weighted by Crippen LogP contribution is -2.19. The molecule has 0 radical (unpaired) electrons. The van der Waals surface area contributed by atoms with Crippen molar-refractivity contribution in [2.24, 2.45) is 0 Å². The summed E-state index contributed by atoms with van der Waals surface area (Å²) >= 11 is 5.96. The first-order chi connectivity index (χ1) is 11.7. The van der Waals surface area contributed by atoms with Crippen LogP contribution < -0.4 is 5.56 Å². The van der Waals surface area contributed by atoms with Gasteiger partial charge in [0, 0.05) is 29.0 Å². The maximum absolute atomic E-state index is 12.6. The van der Waals surface area contributed by atoms with Crippen LogP contribution in [0.4, 0.5) is 0 Å². The molecule has 1 fully saturated rings. The number of rotatable bonds is 2. The van der Waals surface area contributed by atoms with Crippen LogP contribution in [0.2, 0.25) is 5.02 Å².